The van der Waals surface area contributed by atoms with Crippen molar-refractivity contribution in [1.82, 2.24) is 15.0 Å². The number of hydrogen-bond donors (Lipinski definition) is 1. The number of rotatable bonds is 5. The zero-order chi connectivity index (χ0) is 33.0. The van der Waals surface area contributed by atoms with Crippen LogP contribution in [-0.4, -0.2) is 39.1 Å². The van der Waals surface area contributed by atoms with Gasteiger partial charge in [0.1, 0.15) is 0 Å². The van der Waals surface area contributed by atoms with E-state index in [0.717, 1.165) is 29.8 Å². The van der Waals surface area contributed by atoms with Crippen LogP contribution in [0.1, 0.15) is 128 Å². The molecule has 1 saturated heterocycles. The van der Waals surface area contributed by atoms with Gasteiger partial charge in [0.15, 0.2) is 6.17 Å². The first-order valence-corrected chi connectivity index (χ1v) is 16.1. The predicted octanol–water partition coefficient (Wildman–Crippen LogP) is 8.94. The van der Waals surface area contributed by atoms with Gasteiger partial charge in [0.2, 0.25) is 11.9 Å². The van der Waals surface area contributed by atoms with Crippen LogP contribution in [0.15, 0.2) is 36.7 Å². The lowest BCUT2D eigenvalue weighted by molar-refractivity contribution is -0.137. The molecular weight excluding hydrogens is 606 g/mol. The standard InChI is InChI=1S/C35H40F6N4O/c1-20-18-42-32(43-19-20)45-14-10-23(11-15-45)31-29(30(36)22-4-6-24(7-5-22)35(39,40)41)27(21-8-12-34(37,38)13-9-21)28-25(44-31)16-33(2,3)17-26(28)46/h4-7,18-19,21,23,26,30,46H,8-17H2,1-3H3/t26-,30+/m1/s1. The maximum Gasteiger partial charge on any atom is 0.416 e. The predicted molar refractivity (Wildman–Crippen MR) is 163 cm³/mol. The van der Waals surface area contributed by atoms with Gasteiger partial charge in [0.05, 0.1) is 17.4 Å². The Kier molecular flexibility index (Phi) is 8.61. The summed E-state index contributed by atoms with van der Waals surface area (Å²) in [5.41, 5.74) is 2.29. The van der Waals surface area contributed by atoms with Crippen LogP contribution in [0, 0.1) is 12.3 Å². The molecule has 0 unspecified atom stereocenters. The molecule has 1 N–H and O–H groups in total. The van der Waals surface area contributed by atoms with Gasteiger partial charge in [-0.05, 0) is 85.6 Å². The Balaban J connectivity index is 1.47. The lowest BCUT2D eigenvalue weighted by atomic mass is 9.68. The summed E-state index contributed by atoms with van der Waals surface area (Å²) in [4.78, 5) is 16.1. The van der Waals surface area contributed by atoms with E-state index in [-0.39, 0.29) is 48.1 Å². The zero-order valence-corrected chi connectivity index (χ0v) is 26.3. The fourth-order valence-electron chi connectivity index (χ4n) is 7.62. The van der Waals surface area contributed by atoms with Crippen molar-refractivity contribution in [3.05, 3.63) is 81.4 Å². The number of aliphatic hydroxyl groups excluding tert-OH is 1. The van der Waals surface area contributed by atoms with Gasteiger partial charge in [-0.2, -0.15) is 13.2 Å². The molecule has 6 rings (SSSR count). The minimum atomic E-state index is -4.58. The molecular formula is C35H40F6N4O. The minimum Gasteiger partial charge on any atom is -0.388 e. The monoisotopic (exact) mass is 646 g/mol. The molecule has 3 heterocycles. The van der Waals surface area contributed by atoms with Crippen molar-refractivity contribution in [2.75, 3.05) is 18.0 Å². The second kappa shape index (κ2) is 12.1. The van der Waals surface area contributed by atoms with Crippen molar-refractivity contribution in [2.24, 2.45) is 5.41 Å². The van der Waals surface area contributed by atoms with E-state index in [4.69, 9.17) is 4.98 Å². The largest absolute Gasteiger partial charge is 0.416 e. The van der Waals surface area contributed by atoms with E-state index in [1.807, 2.05) is 20.8 Å². The normalized spacial score (nSPS) is 22.8. The fourth-order valence-corrected chi connectivity index (χ4v) is 7.62. The average Bonchev–Trinajstić information content (AvgIpc) is 2.99. The van der Waals surface area contributed by atoms with Gasteiger partial charge in [0, 0.05) is 61.1 Å². The van der Waals surface area contributed by atoms with Gasteiger partial charge in [-0.1, -0.05) is 26.0 Å². The molecule has 3 aliphatic rings. The van der Waals surface area contributed by atoms with Crippen molar-refractivity contribution >= 4 is 5.95 Å². The molecule has 2 fully saturated rings. The third kappa shape index (κ3) is 6.62. The summed E-state index contributed by atoms with van der Waals surface area (Å²) in [6, 6.07) is 4.02. The van der Waals surface area contributed by atoms with Gasteiger partial charge in [-0.25, -0.2) is 23.1 Å². The Morgan fingerprint density at radius 1 is 0.913 bits per heavy atom. The van der Waals surface area contributed by atoms with Crippen molar-refractivity contribution < 1.29 is 31.4 Å². The summed E-state index contributed by atoms with van der Waals surface area (Å²) in [6.45, 7) is 7.15. The molecule has 46 heavy (non-hydrogen) atoms. The van der Waals surface area contributed by atoms with Crippen LogP contribution >= 0.6 is 0 Å². The Morgan fingerprint density at radius 3 is 2.11 bits per heavy atom. The van der Waals surface area contributed by atoms with Crippen LogP contribution in [0.25, 0.3) is 0 Å². The number of fused-ring (bicyclic) bond motifs is 1. The molecule has 1 aromatic carbocycles. The number of aliphatic hydroxyl groups is 1. The van der Waals surface area contributed by atoms with Crippen molar-refractivity contribution in [3.8, 4) is 0 Å². The Hall–Kier alpha value is -3.21. The van der Waals surface area contributed by atoms with E-state index in [1.165, 1.54) is 0 Å². The number of nitrogens with zero attached hydrogens (tertiary/aromatic N) is 4. The first kappa shape index (κ1) is 32.7. The Bertz CT molecular complexity index is 1540. The number of benzene rings is 1. The third-order valence-electron chi connectivity index (χ3n) is 9.99. The Morgan fingerprint density at radius 2 is 1.52 bits per heavy atom. The molecule has 2 aliphatic carbocycles. The lowest BCUT2D eigenvalue weighted by Crippen LogP contribution is -2.36. The number of aromatic nitrogens is 3. The quantitative estimate of drug-likeness (QED) is 0.281. The summed E-state index contributed by atoms with van der Waals surface area (Å²) in [7, 11) is 0. The third-order valence-corrected chi connectivity index (χ3v) is 9.99. The highest BCUT2D eigenvalue weighted by Gasteiger charge is 2.43. The smallest absolute Gasteiger partial charge is 0.388 e. The first-order chi connectivity index (χ1) is 21.6. The number of aryl methyl sites for hydroxylation is 1. The van der Waals surface area contributed by atoms with Crippen LogP contribution in [0.2, 0.25) is 0 Å². The molecule has 248 valence electrons. The highest BCUT2D eigenvalue weighted by Crippen LogP contribution is 2.52. The summed E-state index contributed by atoms with van der Waals surface area (Å²) >= 11 is 0. The van der Waals surface area contributed by atoms with Crippen molar-refractivity contribution in [3.63, 3.8) is 0 Å². The maximum atomic E-state index is 17.1. The molecule has 5 nitrogen and oxygen atoms in total. The molecule has 0 amide bonds. The summed E-state index contributed by atoms with van der Waals surface area (Å²) in [6.07, 6.45) is -2.20. The van der Waals surface area contributed by atoms with E-state index in [2.05, 4.69) is 14.9 Å². The SMILES string of the molecule is Cc1cnc(N2CCC(c3nc4c(c(C5CCC(F)(F)CC5)c3[C@@H](F)c3ccc(C(F)(F)F)cc3)[C@H](O)CC(C)(C)C4)CC2)nc1. The van der Waals surface area contributed by atoms with Gasteiger partial charge < -0.3 is 10.0 Å². The first-order valence-electron chi connectivity index (χ1n) is 16.1. The number of pyridine rings is 1. The van der Waals surface area contributed by atoms with E-state index in [9.17, 15) is 27.1 Å². The van der Waals surface area contributed by atoms with Crippen molar-refractivity contribution in [1.29, 1.82) is 0 Å². The van der Waals surface area contributed by atoms with E-state index >= 15 is 4.39 Å². The molecule has 0 radical (unpaired) electrons. The lowest BCUT2D eigenvalue weighted by Gasteiger charge is -2.41. The maximum absolute atomic E-state index is 17.1. The molecule has 1 aliphatic heterocycles. The van der Waals surface area contributed by atoms with Gasteiger partial charge in [-0.15, -0.1) is 0 Å². The average molecular weight is 647 g/mol. The molecule has 0 spiro atoms. The number of piperidine rings is 1. The van der Waals surface area contributed by atoms with E-state index < -0.39 is 35.9 Å². The molecule has 0 bridgehead atoms. The zero-order valence-electron chi connectivity index (χ0n) is 26.3. The second-order valence-electron chi connectivity index (χ2n) is 14.2. The minimum absolute atomic E-state index is 0.0366. The van der Waals surface area contributed by atoms with Crippen LogP contribution in [0.5, 0.6) is 0 Å². The number of anilines is 1. The van der Waals surface area contributed by atoms with E-state index in [0.29, 0.717) is 67.2 Å². The topological polar surface area (TPSA) is 62.1 Å². The summed E-state index contributed by atoms with van der Waals surface area (Å²) < 4.78 is 86.1. The van der Waals surface area contributed by atoms with Gasteiger partial charge in [0.25, 0.3) is 0 Å². The molecule has 11 heteroatoms. The molecule has 1 saturated carbocycles. The van der Waals surface area contributed by atoms with Crippen molar-refractivity contribution in [2.45, 2.75) is 108 Å². The molecule has 3 aromatic rings. The van der Waals surface area contributed by atoms with Crippen LogP contribution in [0.4, 0.5) is 32.3 Å². The second-order valence-corrected chi connectivity index (χ2v) is 14.2. The number of hydrogen-bond acceptors (Lipinski definition) is 5. The summed E-state index contributed by atoms with van der Waals surface area (Å²) in [5, 5.41) is 11.5. The number of halogens is 6. The van der Waals surface area contributed by atoms with Gasteiger partial charge >= 0.3 is 6.18 Å². The van der Waals surface area contributed by atoms with E-state index in [1.54, 1.807) is 12.4 Å². The van der Waals surface area contributed by atoms with Crippen LogP contribution in [0.3, 0.4) is 0 Å². The highest BCUT2D eigenvalue weighted by molar-refractivity contribution is 5.51. The molecule has 2 atom stereocenters. The number of alkyl halides is 6. The Labute approximate surface area is 265 Å². The van der Waals surface area contributed by atoms with Gasteiger partial charge in [-0.3, -0.25) is 4.98 Å². The highest BCUT2D eigenvalue weighted by atomic mass is 19.4. The van der Waals surface area contributed by atoms with Crippen LogP contribution in [-0.2, 0) is 12.6 Å². The fraction of sp³-hybridized carbons (Fsp3) is 0.571. The molecule has 2 aromatic heterocycles. The summed E-state index contributed by atoms with van der Waals surface area (Å²) in [5.74, 6) is -2.85. The van der Waals surface area contributed by atoms with Crippen LogP contribution < -0.4 is 4.90 Å².